The van der Waals surface area contributed by atoms with Crippen LogP contribution in [0.2, 0.25) is 0 Å². The largest absolute Gasteiger partial charge is 0.289 e. The van der Waals surface area contributed by atoms with Crippen molar-refractivity contribution in [3.63, 3.8) is 0 Å². The van der Waals surface area contributed by atoms with Crippen LogP contribution in [0.15, 0.2) is 61.3 Å². The number of hydrogen-bond acceptors (Lipinski definition) is 3. The fourth-order valence-electron chi connectivity index (χ4n) is 1.78. The molecule has 0 aromatic heterocycles. The summed E-state index contributed by atoms with van der Waals surface area (Å²) in [4.78, 5) is 11.7. The molecule has 1 aliphatic carbocycles. The van der Waals surface area contributed by atoms with Crippen LogP contribution in [-0.2, 0) is 14.8 Å². The summed E-state index contributed by atoms with van der Waals surface area (Å²) in [6, 6.07) is 6.23. The van der Waals surface area contributed by atoms with Gasteiger partial charge in [-0.05, 0) is 61.4 Å². The van der Waals surface area contributed by atoms with E-state index in [0.717, 1.165) is 4.47 Å². The number of rotatable bonds is 2. The monoisotopic (exact) mass is 353 g/mol. The summed E-state index contributed by atoms with van der Waals surface area (Å²) in [7, 11) is -3.77. The van der Waals surface area contributed by atoms with E-state index in [1.165, 1.54) is 24.3 Å². The molecular formula is C14H12BrNO3S. The summed E-state index contributed by atoms with van der Waals surface area (Å²) in [5.41, 5.74) is 1.23. The molecule has 0 amide bonds. The molecule has 1 aromatic carbocycles. The molecule has 0 unspecified atom stereocenters. The van der Waals surface area contributed by atoms with Gasteiger partial charge in [-0.1, -0.05) is 15.9 Å². The summed E-state index contributed by atoms with van der Waals surface area (Å²) < 4.78 is 28.9. The average molecular weight is 354 g/mol. The number of carbonyl (C=O) groups excluding carboxylic acids is 1. The smallest absolute Gasteiger partial charge is 0.282 e. The first-order valence-electron chi connectivity index (χ1n) is 5.81. The minimum absolute atomic E-state index is 0.0926. The standard InChI is InChI=1S/C14H12BrNO3S/c1-9-7-12(8-10(2)14(9)17)16-20(18,19)13-5-3-11(15)4-6-13/h3-8H,1-2H3. The van der Waals surface area contributed by atoms with E-state index in [1.54, 1.807) is 26.0 Å². The van der Waals surface area contributed by atoms with Crippen LogP contribution in [0.1, 0.15) is 13.8 Å². The van der Waals surface area contributed by atoms with Gasteiger partial charge in [0.05, 0.1) is 10.6 Å². The molecular weight excluding hydrogens is 342 g/mol. The van der Waals surface area contributed by atoms with Gasteiger partial charge in [-0.3, -0.25) is 4.79 Å². The number of hydrogen-bond donors (Lipinski definition) is 0. The molecule has 2 rings (SSSR count). The molecule has 4 nitrogen and oxygen atoms in total. The second-order valence-corrected chi connectivity index (χ2v) is 6.95. The molecule has 6 heteroatoms. The number of nitrogens with zero attached hydrogens (tertiary/aromatic N) is 1. The minimum Gasteiger partial charge on any atom is -0.289 e. The molecule has 20 heavy (non-hydrogen) atoms. The Kier molecular flexibility index (Phi) is 4.06. The van der Waals surface area contributed by atoms with Gasteiger partial charge in [0.2, 0.25) is 0 Å². The molecule has 104 valence electrons. The van der Waals surface area contributed by atoms with Crippen molar-refractivity contribution in [1.82, 2.24) is 0 Å². The van der Waals surface area contributed by atoms with Crippen molar-refractivity contribution >= 4 is 37.4 Å². The maximum absolute atomic E-state index is 12.2. The quantitative estimate of drug-likeness (QED) is 0.767. The lowest BCUT2D eigenvalue weighted by Crippen LogP contribution is -2.12. The summed E-state index contributed by atoms with van der Waals surface area (Å²) in [5, 5.41) is 0. The Hall–Kier alpha value is -1.53. The third-order valence-electron chi connectivity index (χ3n) is 2.78. The van der Waals surface area contributed by atoms with E-state index in [9.17, 15) is 13.2 Å². The van der Waals surface area contributed by atoms with E-state index in [2.05, 4.69) is 20.3 Å². The van der Waals surface area contributed by atoms with Crippen LogP contribution in [0, 0.1) is 0 Å². The van der Waals surface area contributed by atoms with Gasteiger partial charge in [0.1, 0.15) is 0 Å². The first-order valence-corrected chi connectivity index (χ1v) is 8.05. The Bertz CT molecular complexity index is 732. The molecule has 1 aliphatic rings. The first kappa shape index (κ1) is 14.9. The van der Waals surface area contributed by atoms with E-state index in [0.29, 0.717) is 11.1 Å². The summed E-state index contributed by atoms with van der Waals surface area (Å²) >= 11 is 3.25. The number of ketones is 1. The zero-order chi connectivity index (χ0) is 14.9. The lowest BCUT2D eigenvalue weighted by Gasteiger charge is -2.08. The van der Waals surface area contributed by atoms with Gasteiger partial charge in [0.15, 0.2) is 5.78 Å². The number of sulfonamides is 1. The molecule has 0 atom stereocenters. The molecule has 0 saturated heterocycles. The van der Waals surface area contributed by atoms with E-state index in [-0.39, 0.29) is 16.4 Å². The topological polar surface area (TPSA) is 63.6 Å². The predicted octanol–water partition coefficient (Wildman–Crippen LogP) is 3.05. The van der Waals surface area contributed by atoms with Crippen molar-refractivity contribution in [2.75, 3.05) is 0 Å². The molecule has 0 aliphatic heterocycles. The van der Waals surface area contributed by atoms with E-state index < -0.39 is 10.0 Å². The number of carbonyl (C=O) groups is 1. The molecule has 0 spiro atoms. The number of Topliss-reactive ketones (excluding diaryl/α,β-unsaturated/α-hetero) is 1. The molecule has 0 saturated carbocycles. The Morgan fingerprint density at radius 2 is 1.50 bits per heavy atom. The van der Waals surface area contributed by atoms with Gasteiger partial charge in [-0.2, -0.15) is 12.8 Å². The molecule has 0 bridgehead atoms. The predicted molar refractivity (Wildman–Crippen MR) is 81.3 cm³/mol. The summed E-state index contributed by atoms with van der Waals surface area (Å²) in [6.45, 7) is 3.28. The maximum atomic E-state index is 12.2. The van der Waals surface area contributed by atoms with Crippen LogP contribution in [-0.4, -0.2) is 19.9 Å². The maximum Gasteiger partial charge on any atom is 0.282 e. The Morgan fingerprint density at radius 3 is 2.00 bits per heavy atom. The lowest BCUT2D eigenvalue weighted by molar-refractivity contribution is -0.112. The first-order chi connectivity index (χ1) is 9.29. The molecule has 0 N–H and O–H groups in total. The average Bonchev–Trinajstić information content (AvgIpc) is 2.36. The normalized spacial score (nSPS) is 15.8. The van der Waals surface area contributed by atoms with Crippen molar-refractivity contribution in [2.45, 2.75) is 18.7 Å². The van der Waals surface area contributed by atoms with E-state index >= 15 is 0 Å². The second-order valence-electron chi connectivity index (χ2n) is 4.43. The highest BCUT2D eigenvalue weighted by molar-refractivity contribution is 9.10. The zero-order valence-electron chi connectivity index (χ0n) is 10.9. The highest BCUT2D eigenvalue weighted by Crippen LogP contribution is 2.19. The van der Waals surface area contributed by atoms with Crippen molar-refractivity contribution in [2.24, 2.45) is 4.40 Å². The Labute approximate surface area is 126 Å². The van der Waals surface area contributed by atoms with Gasteiger partial charge < -0.3 is 0 Å². The SMILES string of the molecule is CC1=CC(=NS(=O)(=O)c2ccc(Br)cc2)C=C(C)C1=O. The number of halogens is 1. The van der Waals surface area contributed by atoms with Crippen LogP contribution in [0.3, 0.4) is 0 Å². The number of benzene rings is 1. The number of allylic oxidation sites excluding steroid dienone is 4. The van der Waals surface area contributed by atoms with Crippen LogP contribution < -0.4 is 0 Å². The molecule has 1 aromatic rings. The molecule has 0 fully saturated rings. The Morgan fingerprint density at radius 1 is 1.00 bits per heavy atom. The molecule has 0 radical (unpaired) electrons. The van der Waals surface area contributed by atoms with Crippen molar-refractivity contribution in [3.8, 4) is 0 Å². The van der Waals surface area contributed by atoms with Crippen LogP contribution in [0.4, 0.5) is 0 Å². The zero-order valence-corrected chi connectivity index (χ0v) is 13.3. The van der Waals surface area contributed by atoms with Crippen molar-refractivity contribution < 1.29 is 13.2 Å². The van der Waals surface area contributed by atoms with Gasteiger partial charge in [0, 0.05) is 4.47 Å². The highest BCUT2D eigenvalue weighted by Gasteiger charge is 2.17. The Balaban J connectivity index is 2.44. The van der Waals surface area contributed by atoms with Crippen molar-refractivity contribution in [3.05, 3.63) is 52.0 Å². The van der Waals surface area contributed by atoms with Gasteiger partial charge in [0.25, 0.3) is 10.0 Å². The van der Waals surface area contributed by atoms with Crippen LogP contribution in [0.25, 0.3) is 0 Å². The molecule has 0 heterocycles. The summed E-state index contributed by atoms with van der Waals surface area (Å²) in [5.74, 6) is -0.0926. The van der Waals surface area contributed by atoms with Crippen LogP contribution >= 0.6 is 15.9 Å². The summed E-state index contributed by atoms with van der Waals surface area (Å²) in [6.07, 6.45) is 2.96. The van der Waals surface area contributed by atoms with Crippen molar-refractivity contribution in [1.29, 1.82) is 0 Å². The van der Waals surface area contributed by atoms with Crippen LogP contribution in [0.5, 0.6) is 0 Å². The second kappa shape index (κ2) is 5.46. The minimum atomic E-state index is -3.77. The van der Waals surface area contributed by atoms with E-state index in [1.807, 2.05) is 0 Å². The fraction of sp³-hybridized carbons (Fsp3) is 0.143. The third kappa shape index (κ3) is 3.13. The highest BCUT2D eigenvalue weighted by atomic mass is 79.9. The third-order valence-corrected chi connectivity index (χ3v) is 4.63. The lowest BCUT2D eigenvalue weighted by atomic mass is 9.98. The van der Waals surface area contributed by atoms with Gasteiger partial charge in [-0.25, -0.2) is 0 Å². The fourth-order valence-corrected chi connectivity index (χ4v) is 3.01. The van der Waals surface area contributed by atoms with Gasteiger partial charge in [-0.15, -0.1) is 0 Å². The van der Waals surface area contributed by atoms with Gasteiger partial charge >= 0.3 is 0 Å². The van der Waals surface area contributed by atoms with E-state index in [4.69, 9.17) is 0 Å².